The molecular weight excluding hydrogens is 288 g/mol. The highest BCUT2D eigenvalue weighted by Gasteiger charge is 2.15. The molecule has 0 N–H and O–H groups in total. The average molecular weight is 305 g/mol. The number of hydrogen-bond acceptors (Lipinski definition) is 2. The van der Waals surface area contributed by atoms with Gasteiger partial charge in [-0.1, -0.05) is 54.6 Å². The molecule has 20 heavy (non-hydrogen) atoms. The molecule has 0 spiro atoms. The van der Waals surface area contributed by atoms with Crippen LogP contribution in [0.2, 0.25) is 0 Å². The van der Waals surface area contributed by atoms with Crippen LogP contribution in [0.15, 0.2) is 54.6 Å². The highest BCUT2D eigenvalue weighted by atomic mass is 35.5. The zero-order chi connectivity index (χ0) is 14.4. The van der Waals surface area contributed by atoms with Gasteiger partial charge < -0.3 is 0 Å². The first-order valence-corrected chi connectivity index (χ1v) is 8.13. The number of ketones is 1. The van der Waals surface area contributed by atoms with Crippen LogP contribution >= 0.6 is 23.4 Å². The maximum absolute atomic E-state index is 12.2. The Kier molecular flexibility index (Phi) is 5.69. The third-order valence-corrected chi connectivity index (χ3v) is 4.60. The largest absolute Gasteiger partial charge is 0.293 e. The van der Waals surface area contributed by atoms with Crippen LogP contribution in [0, 0.1) is 0 Å². The van der Waals surface area contributed by atoms with Gasteiger partial charge in [-0.15, -0.1) is 23.4 Å². The fraction of sp³-hybridized carbons (Fsp3) is 0.235. The molecular formula is C17H17ClOS. The first-order chi connectivity index (χ1) is 9.70. The highest BCUT2D eigenvalue weighted by molar-refractivity contribution is 7.99. The molecule has 1 atom stereocenters. The second-order valence-corrected chi connectivity index (χ2v) is 6.23. The molecule has 0 aromatic heterocycles. The minimum Gasteiger partial charge on any atom is -0.293 e. The number of thioether (sulfide) groups is 1. The second kappa shape index (κ2) is 7.51. The van der Waals surface area contributed by atoms with Crippen molar-refractivity contribution >= 4 is 29.1 Å². The molecule has 104 valence electrons. The zero-order valence-electron chi connectivity index (χ0n) is 11.4. The molecule has 3 heteroatoms. The Morgan fingerprint density at radius 2 is 1.80 bits per heavy atom. The molecule has 0 radical (unpaired) electrons. The Morgan fingerprint density at radius 3 is 2.50 bits per heavy atom. The Bertz CT molecular complexity index is 568. The molecule has 0 saturated heterocycles. The molecule has 0 aliphatic heterocycles. The van der Waals surface area contributed by atoms with Gasteiger partial charge in [0, 0.05) is 17.2 Å². The van der Waals surface area contributed by atoms with Gasteiger partial charge >= 0.3 is 0 Å². The van der Waals surface area contributed by atoms with Crippen molar-refractivity contribution in [2.24, 2.45) is 0 Å². The van der Waals surface area contributed by atoms with Gasteiger partial charge in [0.05, 0.1) is 5.25 Å². The summed E-state index contributed by atoms with van der Waals surface area (Å²) in [5, 5.41) is -0.0444. The topological polar surface area (TPSA) is 17.1 Å². The number of Topliss-reactive ketones (excluding diaryl/α,β-unsaturated/α-hetero) is 1. The maximum Gasteiger partial charge on any atom is 0.175 e. The molecule has 2 aromatic rings. The lowest BCUT2D eigenvalue weighted by atomic mass is 10.1. The first-order valence-electron chi connectivity index (χ1n) is 6.55. The van der Waals surface area contributed by atoms with E-state index in [1.54, 1.807) is 11.8 Å². The maximum atomic E-state index is 12.2. The van der Waals surface area contributed by atoms with E-state index in [1.807, 2.05) is 49.4 Å². The molecule has 0 bridgehead atoms. The van der Waals surface area contributed by atoms with Gasteiger partial charge in [-0.3, -0.25) is 4.79 Å². The van der Waals surface area contributed by atoms with Crippen LogP contribution in [0.5, 0.6) is 0 Å². The predicted molar refractivity (Wildman–Crippen MR) is 87.5 cm³/mol. The Labute approximate surface area is 129 Å². The van der Waals surface area contributed by atoms with Crippen molar-refractivity contribution in [3.05, 3.63) is 71.3 Å². The van der Waals surface area contributed by atoms with Crippen LogP contribution in [0.1, 0.15) is 28.4 Å². The minimum atomic E-state index is -0.0444. The Hall–Kier alpha value is -1.25. The summed E-state index contributed by atoms with van der Waals surface area (Å²) in [5.74, 6) is 1.53. The molecule has 1 unspecified atom stereocenters. The van der Waals surface area contributed by atoms with Crippen molar-refractivity contribution in [2.45, 2.75) is 23.8 Å². The molecule has 2 rings (SSSR count). The van der Waals surface area contributed by atoms with E-state index in [-0.39, 0.29) is 11.0 Å². The summed E-state index contributed by atoms with van der Waals surface area (Å²) in [7, 11) is 0. The van der Waals surface area contributed by atoms with Gasteiger partial charge in [-0.05, 0) is 18.1 Å². The molecule has 0 amide bonds. The van der Waals surface area contributed by atoms with Gasteiger partial charge in [-0.2, -0.15) is 0 Å². The van der Waals surface area contributed by atoms with E-state index in [0.717, 1.165) is 16.9 Å². The summed E-state index contributed by atoms with van der Waals surface area (Å²) >= 11 is 7.49. The summed E-state index contributed by atoms with van der Waals surface area (Å²) in [6.45, 7) is 1.96. The van der Waals surface area contributed by atoms with E-state index < -0.39 is 0 Å². The SMILES string of the molecule is CC(SCc1cccc(CCl)c1)C(=O)c1ccccc1. The molecule has 0 saturated carbocycles. The lowest BCUT2D eigenvalue weighted by Crippen LogP contribution is -2.13. The van der Waals surface area contributed by atoms with Crippen LogP contribution in [0.4, 0.5) is 0 Å². The molecule has 0 aliphatic carbocycles. The Balaban J connectivity index is 1.95. The summed E-state index contributed by atoms with van der Waals surface area (Å²) in [5.41, 5.74) is 3.11. The quantitative estimate of drug-likeness (QED) is 0.556. The number of rotatable bonds is 6. The Morgan fingerprint density at radius 1 is 1.10 bits per heavy atom. The van der Waals surface area contributed by atoms with Crippen LogP contribution in [0.3, 0.4) is 0 Å². The number of hydrogen-bond donors (Lipinski definition) is 0. The predicted octanol–water partition coefficient (Wildman–Crippen LogP) is 4.93. The molecule has 0 aliphatic rings. The third-order valence-electron chi connectivity index (χ3n) is 3.07. The van der Waals surface area contributed by atoms with E-state index in [1.165, 1.54) is 5.56 Å². The number of halogens is 1. The van der Waals surface area contributed by atoms with Crippen LogP contribution in [-0.4, -0.2) is 11.0 Å². The minimum absolute atomic E-state index is 0.0444. The van der Waals surface area contributed by atoms with Crippen LogP contribution < -0.4 is 0 Å². The molecule has 0 fully saturated rings. The summed E-state index contributed by atoms with van der Waals surface area (Å²) in [6.07, 6.45) is 0. The summed E-state index contributed by atoms with van der Waals surface area (Å²) in [6, 6.07) is 17.6. The van der Waals surface area contributed by atoms with E-state index in [2.05, 4.69) is 12.1 Å². The van der Waals surface area contributed by atoms with Crippen LogP contribution in [-0.2, 0) is 11.6 Å². The number of carbonyl (C=O) groups excluding carboxylic acids is 1. The van der Waals surface area contributed by atoms with E-state index in [4.69, 9.17) is 11.6 Å². The number of alkyl halides is 1. The van der Waals surface area contributed by atoms with Crippen molar-refractivity contribution in [1.29, 1.82) is 0 Å². The van der Waals surface area contributed by atoms with Gasteiger partial charge in [0.25, 0.3) is 0 Å². The lowest BCUT2D eigenvalue weighted by molar-refractivity contribution is 0.0994. The smallest absolute Gasteiger partial charge is 0.175 e. The van der Waals surface area contributed by atoms with Gasteiger partial charge in [-0.25, -0.2) is 0 Å². The lowest BCUT2D eigenvalue weighted by Gasteiger charge is -2.10. The van der Waals surface area contributed by atoms with E-state index >= 15 is 0 Å². The highest BCUT2D eigenvalue weighted by Crippen LogP contribution is 2.22. The normalized spacial score (nSPS) is 12.1. The fourth-order valence-electron chi connectivity index (χ4n) is 1.94. The molecule has 2 aromatic carbocycles. The molecule has 0 heterocycles. The first kappa shape index (κ1) is 15.1. The van der Waals surface area contributed by atoms with Crippen molar-refractivity contribution in [3.63, 3.8) is 0 Å². The van der Waals surface area contributed by atoms with Crippen molar-refractivity contribution in [1.82, 2.24) is 0 Å². The third kappa shape index (κ3) is 4.12. The number of benzene rings is 2. The summed E-state index contributed by atoms with van der Waals surface area (Å²) in [4.78, 5) is 12.2. The fourth-order valence-corrected chi connectivity index (χ4v) is 3.01. The van der Waals surface area contributed by atoms with Crippen molar-refractivity contribution in [3.8, 4) is 0 Å². The van der Waals surface area contributed by atoms with E-state index in [9.17, 15) is 4.79 Å². The van der Waals surface area contributed by atoms with Crippen LogP contribution in [0.25, 0.3) is 0 Å². The van der Waals surface area contributed by atoms with Crippen molar-refractivity contribution < 1.29 is 4.79 Å². The van der Waals surface area contributed by atoms with Gasteiger partial charge in [0.15, 0.2) is 5.78 Å². The zero-order valence-corrected chi connectivity index (χ0v) is 13.0. The van der Waals surface area contributed by atoms with Gasteiger partial charge in [0.1, 0.15) is 0 Å². The van der Waals surface area contributed by atoms with Crippen molar-refractivity contribution in [2.75, 3.05) is 0 Å². The standard InChI is InChI=1S/C17H17ClOS/c1-13(17(19)16-8-3-2-4-9-16)20-12-15-7-5-6-14(10-15)11-18/h2-10,13H,11-12H2,1H3. The second-order valence-electron chi connectivity index (χ2n) is 4.64. The average Bonchev–Trinajstić information content (AvgIpc) is 2.53. The van der Waals surface area contributed by atoms with E-state index in [0.29, 0.717) is 5.88 Å². The van der Waals surface area contributed by atoms with Gasteiger partial charge in [0.2, 0.25) is 0 Å². The summed E-state index contributed by atoms with van der Waals surface area (Å²) < 4.78 is 0. The molecule has 1 nitrogen and oxygen atoms in total. The number of carbonyl (C=O) groups is 1. The monoisotopic (exact) mass is 304 g/mol.